The third kappa shape index (κ3) is 3.27. The fourth-order valence-corrected chi connectivity index (χ4v) is 2.95. The molecule has 1 aliphatic heterocycles. The number of hydrogen-bond acceptors (Lipinski definition) is 6. The van der Waals surface area contributed by atoms with Gasteiger partial charge in [0.15, 0.2) is 11.5 Å². The normalized spacial score (nSPS) is 12.1. The third-order valence-electron chi connectivity index (χ3n) is 4.39. The van der Waals surface area contributed by atoms with Crippen LogP contribution in [0.5, 0.6) is 17.2 Å². The van der Waals surface area contributed by atoms with Crippen LogP contribution in [-0.2, 0) is 6.61 Å². The molecule has 0 unspecified atom stereocenters. The summed E-state index contributed by atoms with van der Waals surface area (Å²) in [6.07, 6.45) is 0. The molecule has 28 heavy (non-hydrogen) atoms. The van der Waals surface area contributed by atoms with Crippen LogP contribution >= 0.6 is 0 Å². The van der Waals surface area contributed by atoms with E-state index in [9.17, 15) is 0 Å². The summed E-state index contributed by atoms with van der Waals surface area (Å²) in [7, 11) is 0. The minimum Gasteiger partial charge on any atom is -0.489 e. The first-order valence-corrected chi connectivity index (χ1v) is 8.86. The standard InChI is InChI=1S/C22H16N2O4/c1-2-5-15(6-3-1)13-25-18-8-4-7-16(11-18)21-23-22(28-24-21)17-9-10-19-20(12-17)27-14-26-19/h1-12H,13-14H2. The van der Waals surface area contributed by atoms with E-state index in [0.29, 0.717) is 29.8 Å². The van der Waals surface area contributed by atoms with E-state index in [4.69, 9.17) is 18.7 Å². The second-order valence-electron chi connectivity index (χ2n) is 6.29. The Hall–Kier alpha value is -3.80. The number of ether oxygens (including phenoxy) is 3. The van der Waals surface area contributed by atoms with Gasteiger partial charge in [0.05, 0.1) is 0 Å². The topological polar surface area (TPSA) is 66.6 Å². The summed E-state index contributed by atoms with van der Waals surface area (Å²) >= 11 is 0. The van der Waals surface area contributed by atoms with Crippen molar-refractivity contribution in [2.24, 2.45) is 0 Å². The maximum atomic E-state index is 5.88. The van der Waals surface area contributed by atoms with Gasteiger partial charge in [0, 0.05) is 11.1 Å². The van der Waals surface area contributed by atoms with E-state index in [1.807, 2.05) is 72.8 Å². The smallest absolute Gasteiger partial charge is 0.258 e. The number of rotatable bonds is 5. The summed E-state index contributed by atoms with van der Waals surface area (Å²) in [5, 5.41) is 4.10. The second-order valence-corrected chi connectivity index (χ2v) is 6.29. The molecule has 2 heterocycles. The molecule has 138 valence electrons. The Kier molecular flexibility index (Phi) is 4.14. The number of aromatic nitrogens is 2. The van der Waals surface area contributed by atoms with Gasteiger partial charge in [-0.2, -0.15) is 4.98 Å². The maximum Gasteiger partial charge on any atom is 0.258 e. The van der Waals surface area contributed by atoms with Crippen LogP contribution in [0, 0.1) is 0 Å². The first kappa shape index (κ1) is 16.4. The average molecular weight is 372 g/mol. The summed E-state index contributed by atoms with van der Waals surface area (Å²) in [5.74, 6) is 3.05. The van der Waals surface area contributed by atoms with E-state index < -0.39 is 0 Å². The molecule has 0 N–H and O–H groups in total. The van der Waals surface area contributed by atoms with Gasteiger partial charge in [-0.25, -0.2) is 0 Å². The maximum absolute atomic E-state index is 5.88. The molecule has 1 aromatic heterocycles. The number of fused-ring (bicyclic) bond motifs is 1. The van der Waals surface area contributed by atoms with Crippen LogP contribution in [0.3, 0.4) is 0 Å². The van der Waals surface area contributed by atoms with E-state index >= 15 is 0 Å². The van der Waals surface area contributed by atoms with Crippen molar-refractivity contribution >= 4 is 0 Å². The molecule has 5 rings (SSSR count). The van der Waals surface area contributed by atoms with E-state index in [1.54, 1.807) is 0 Å². The Morgan fingerprint density at radius 2 is 1.71 bits per heavy atom. The van der Waals surface area contributed by atoms with Crippen LogP contribution < -0.4 is 14.2 Å². The molecule has 0 saturated heterocycles. The summed E-state index contributed by atoms with van der Waals surface area (Å²) < 4.78 is 22.0. The molecule has 0 spiro atoms. The first-order chi connectivity index (χ1) is 13.8. The monoisotopic (exact) mass is 372 g/mol. The third-order valence-corrected chi connectivity index (χ3v) is 4.39. The Balaban J connectivity index is 1.35. The van der Waals surface area contributed by atoms with Gasteiger partial charge >= 0.3 is 0 Å². The second kappa shape index (κ2) is 7.08. The minimum atomic E-state index is 0.226. The van der Waals surface area contributed by atoms with Gasteiger partial charge in [-0.05, 0) is 35.9 Å². The molecular weight excluding hydrogens is 356 g/mol. The highest BCUT2D eigenvalue weighted by molar-refractivity contribution is 5.64. The lowest BCUT2D eigenvalue weighted by molar-refractivity contribution is 0.174. The highest BCUT2D eigenvalue weighted by atomic mass is 16.7. The van der Waals surface area contributed by atoms with Crippen LogP contribution in [0.1, 0.15) is 5.56 Å². The van der Waals surface area contributed by atoms with Crippen LogP contribution in [0.25, 0.3) is 22.8 Å². The molecule has 0 bridgehead atoms. The fraction of sp³-hybridized carbons (Fsp3) is 0.0909. The fourth-order valence-electron chi connectivity index (χ4n) is 2.95. The Bertz CT molecular complexity index is 1110. The minimum absolute atomic E-state index is 0.226. The van der Waals surface area contributed by atoms with Crippen molar-refractivity contribution in [2.45, 2.75) is 6.61 Å². The van der Waals surface area contributed by atoms with Crippen LogP contribution in [-0.4, -0.2) is 16.9 Å². The molecule has 6 nitrogen and oxygen atoms in total. The molecule has 4 aromatic rings. The summed E-state index contributed by atoms with van der Waals surface area (Å²) in [5.41, 5.74) is 2.71. The largest absolute Gasteiger partial charge is 0.489 e. The Morgan fingerprint density at radius 1 is 0.821 bits per heavy atom. The SMILES string of the molecule is c1ccc(COc2cccc(-c3noc(-c4ccc5c(c4)OCO5)n3)c2)cc1. The van der Waals surface area contributed by atoms with Gasteiger partial charge in [0.2, 0.25) is 12.6 Å². The van der Waals surface area contributed by atoms with Crippen molar-refractivity contribution in [1.29, 1.82) is 0 Å². The molecule has 6 heteroatoms. The zero-order valence-electron chi connectivity index (χ0n) is 14.9. The van der Waals surface area contributed by atoms with Crippen molar-refractivity contribution in [3.8, 4) is 40.1 Å². The number of benzene rings is 3. The molecule has 0 radical (unpaired) electrons. The van der Waals surface area contributed by atoms with Crippen molar-refractivity contribution < 1.29 is 18.7 Å². The van der Waals surface area contributed by atoms with Crippen molar-refractivity contribution in [1.82, 2.24) is 10.1 Å². The predicted octanol–water partition coefficient (Wildman–Crippen LogP) is 4.71. The van der Waals surface area contributed by atoms with Gasteiger partial charge in [0.1, 0.15) is 12.4 Å². The van der Waals surface area contributed by atoms with Crippen molar-refractivity contribution in [2.75, 3.05) is 6.79 Å². The lowest BCUT2D eigenvalue weighted by Gasteiger charge is -2.06. The van der Waals surface area contributed by atoms with E-state index in [2.05, 4.69) is 10.1 Å². The van der Waals surface area contributed by atoms with E-state index in [1.165, 1.54) is 0 Å². The lowest BCUT2D eigenvalue weighted by Crippen LogP contribution is -1.95. The molecule has 0 aliphatic carbocycles. The molecule has 0 atom stereocenters. The highest BCUT2D eigenvalue weighted by Crippen LogP contribution is 2.36. The zero-order chi connectivity index (χ0) is 18.8. The van der Waals surface area contributed by atoms with Crippen molar-refractivity contribution in [3.63, 3.8) is 0 Å². The number of hydrogen-bond donors (Lipinski definition) is 0. The Morgan fingerprint density at radius 3 is 2.64 bits per heavy atom. The van der Waals surface area contributed by atoms with Crippen molar-refractivity contribution in [3.05, 3.63) is 78.4 Å². The summed E-state index contributed by atoms with van der Waals surface area (Å²) in [6, 6.07) is 23.2. The van der Waals surface area contributed by atoms with E-state index in [0.717, 1.165) is 22.4 Å². The Labute approximate surface area is 161 Å². The van der Waals surface area contributed by atoms with Gasteiger partial charge in [-0.1, -0.05) is 47.6 Å². The van der Waals surface area contributed by atoms with Gasteiger partial charge < -0.3 is 18.7 Å². The van der Waals surface area contributed by atoms with Crippen LogP contribution in [0.2, 0.25) is 0 Å². The lowest BCUT2D eigenvalue weighted by atomic mass is 10.2. The molecule has 0 saturated carbocycles. The van der Waals surface area contributed by atoms with Gasteiger partial charge in [-0.3, -0.25) is 0 Å². The predicted molar refractivity (Wildman–Crippen MR) is 102 cm³/mol. The molecule has 1 aliphatic rings. The van der Waals surface area contributed by atoms with Gasteiger partial charge in [-0.15, -0.1) is 0 Å². The molecule has 0 fully saturated rings. The molecule has 0 amide bonds. The molecule has 3 aromatic carbocycles. The summed E-state index contributed by atoms with van der Waals surface area (Å²) in [6.45, 7) is 0.725. The molecular formula is C22H16N2O4. The summed E-state index contributed by atoms with van der Waals surface area (Å²) in [4.78, 5) is 4.51. The average Bonchev–Trinajstić information content (AvgIpc) is 3.42. The van der Waals surface area contributed by atoms with E-state index in [-0.39, 0.29) is 6.79 Å². The van der Waals surface area contributed by atoms with Crippen LogP contribution in [0.15, 0.2) is 77.3 Å². The highest BCUT2D eigenvalue weighted by Gasteiger charge is 2.17. The number of nitrogens with zero attached hydrogens (tertiary/aromatic N) is 2. The quantitative estimate of drug-likeness (QED) is 0.505. The zero-order valence-corrected chi connectivity index (χ0v) is 14.9. The van der Waals surface area contributed by atoms with Gasteiger partial charge in [0.25, 0.3) is 5.89 Å². The van der Waals surface area contributed by atoms with Crippen LogP contribution in [0.4, 0.5) is 0 Å². The first-order valence-electron chi connectivity index (χ1n) is 8.86.